The van der Waals surface area contributed by atoms with E-state index in [4.69, 9.17) is 5.73 Å². The number of aliphatic imine (C=N–C) groups is 1. The van der Waals surface area contributed by atoms with Gasteiger partial charge in [0.15, 0.2) is 5.96 Å². The van der Waals surface area contributed by atoms with Crippen molar-refractivity contribution in [3.63, 3.8) is 0 Å². The third kappa shape index (κ3) is 2.32. The highest BCUT2D eigenvalue weighted by Gasteiger charge is 2.39. The molecule has 2 heterocycles. The van der Waals surface area contributed by atoms with E-state index in [1.54, 1.807) is 11.3 Å². The van der Waals surface area contributed by atoms with Crippen molar-refractivity contribution in [1.29, 1.82) is 0 Å². The summed E-state index contributed by atoms with van der Waals surface area (Å²) in [4.78, 5) is 8.13. The van der Waals surface area contributed by atoms with Crippen LogP contribution in [0.4, 0.5) is 0 Å². The number of guanidine groups is 1. The number of hydrogen-bond acceptors (Lipinski definition) is 4. The Morgan fingerprint density at radius 2 is 2.35 bits per heavy atom. The van der Waals surface area contributed by atoms with E-state index in [0.29, 0.717) is 5.96 Å². The molecule has 2 N–H and O–H groups in total. The van der Waals surface area contributed by atoms with Gasteiger partial charge in [0.2, 0.25) is 0 Å². The van der Waals surface area contributed by atoms with E-state index in [0.717, 1.165) is 19.5 Å². The van der Waals surface area contributed by atoms with Crippen LogP contribution in [0.3, 0.4) is 0 Å². The molecular weight excluding hydrogens is 230 g/mol. The van der Waals surface area contributed by atoms with Crippen molar-refractivity contribution in [2.45, 2.75) is 45.2 Å². The number of nitrogens with two attached hydrogens (primary N) is 1. The van der Waals surface area contributed by atoms with Crippen molar-refractivity contribution in [2.24, 2.45) is 10.7 Å². The van der Waals surface area contributed by atoms with Crippen LogP contribution in [0.25, 0.3) is 0 Å². The van der Waals surface area contributed by atoms with Gasteiger partial charge >= 0.3 is 0 Å². The van der Waals surface area contributed by atoms with Gasteiger partial charge in [-0.15, -0.1) is 11.3 Å². The molecule has 0 aromatic carbocycles. The molecule has 1 aromatic rings. The van der Waals surface area contributed by atoms with Gasteiger partial charge in [0.1, 0.15) is 0 Å². The molecule has 1 atom stereocenters. The molecule has 0 radical (unpaired) electrons. The highest BCUT2D eigenvalue weighted by Crippen LogP contribution is 2.32. The standard InChI is InChI=1S/C13H21N3S/c1-3-7-13(4-2)10-15-12(14)16(13)9-11-6-5-8-17-11/h5-6,8H,3-4,7,9-10H2,1-2H3,(H2,14,15). The number of nitrogens with zero attached hydrogens (tertiary/aromatic N) is 2. The third-order valence-corrected chi connectivity index (χ3v) is 4.51. The van der Waals surface area contributed by atoms with Crippen LogP contribution in [0.2, 0.25) is 0 Å². The Morgan fingerprint density at radius 3 is 2.94 bits per heavy atom. The molecule has 2 rings (SSSR count). The summed E-state index contributed by atoms with van der Waals surface area (Å²) in [5.41, 5.74) is 6.21. The summed E-state index contributed by atoms with van der Waals surface area (Å²) in [5.74, 6) is 0.716. The number of hydrogen-bond donors (Lipinski definition) is 1. The molecule has 0 saturated carbocycles. The molecule has 0 fully saturated rings. The van der Waals surface area contributed by atoms with E-state index < -0.39 is 0 Å². The van der Waals surface area contributed by atoms with E-state index in [-0.39, 0.29) is 5.54 Å². The quantitative estimate of drug-likeness (QED) is 0.874. The largest absolute Gasteiger partial charge is 0.370 e. The van der Waals surface area contributed by atoms with E-state index in [1.807, 2.05) is 0 Å². The molecule has 1 aliphatic heterocycles. The first-order valence-corrected chi connectivity index (χ1v) is 7.20. The molecule has 1 aliphatic rings. The van der Waals surface area contributed by atoms with Crippen LogP contribution in [0.15, 0.2) is 22.5 Å². The van der Waals surface area contributed by atoms with Crippen LogP contribution in [-0.2, 0) is 6.54 Å². The summed E-state index contributed by atoms with van der Waals surface area (Å²) in [6.45, 7) is 6.23. The fraction of sp³-hybridized carbons (Fsp3) is 0.615. The molecule has 3 nitrogen and oxygen atoms in total. The highest BCUT2D eigenvalue weighted by molar-refractivity contribution is 7.09. The Balaban J connectivity index is 2.18. The van der Waals surface area contributed by atoms with Crippen molar-refractivity contribution in [2.75, 3.05) is 6.54 Å². The van der Waals surface area contributed by atoms with Gasteiger partial charge in [-0.05, 0) is 24.3 Å². The predicted octanol–water partition coefficient (Wildman–Crippen LogP) is 2.83. The van der Waals surface area contributed by atoms with Gasteiger partial charge in [0.05, 0.1) is 18.6 Å². The molecule has 1 unspecified atom stereocenters. The summed E-state index contributed by atoms with van der Waals surface area (Å²) in [6.07, 6.45) is 3.45. The zero-order chi connectivity index (χ0) is 12.3. The lowest BCUT2D eigenvalue weighted by molar-refractivity contribution is 0.172. The minimum atomic E-state index is 0.156. The predicted molar refractivity (Wildman–Crippen MR) is 74.3 cm³/mol. The maximum Gasteiger partial charge on any atom is 0.192 e. The summed E-state index contributed by atoms with van der Waals surface area (Å²) >= 11 is 1.79. The zero-order valence-electron chi connectivity index (χ0n) is 10.6. The average molecular weight is 251 g/mol. The Bertz CT molecular complexity index is 385. The van der Waals surface area contributed by atoms with Crippen LogP contribution in [0.5, 0.6) is 0 Å². The summed E-state index contributed by atoms with van der Waals surface area (Å²) < 4.78 is 0. The summed E-state index contributed by atoms with van der Waals surface area (Å²) in [7, 11) is 0. The van der Waals surface area contributed by atoms with Crippen molar-refractivity contribution < 1.29 is 0 Å². The van der Waals surface area contributed by atoms with Gasteiger partial charge in [0.25, 0.3) is 0 Å². The van der Waals surface area contributed by atoms with Crippen molar-refractivity contribution in [1.82, 2.24) is 4.90 Å². The van der Waals surface area contributed by atoms with E-state index in [9.17, 15) is 0 Å². The van der Waals surface area contributed by atoms with E-state index >= 15 is 0 Å². The summed E-state index contributed by atoms with van der Waals surface area (Å²) in [5, 5.41) is 2.12. The van der Waals surface area contributed by atoms with Gasteiger partial charge in [-0.3, -0.25) is 4.99 Å². The molecule has 0 bridgehead atoms. The molecular formula is C13H21N3S. The first-order valence-electron chi connectivity index (χ1n) is 6.32. The Labute approximate surface area is 107 Å². The summed E-state index contributed by atoms with van der Waals surface area (Å²) in [6, 6.07) is 4.26. The van der Waals surface area contributed by atoms with Gasteiger partial charge in [0, 0.05) is 4.88 Å². The van der Waals surface area contributed by atoms with Gasteiger partial charge in [-0.1, -0.05) is 26.3 Å². The van der Waals surface area contributed by atoms with Crippen molar-refractivity contribution in [3.05, 3.63) is 22.4 Å². The van der Waals surface area contributed by atoms with Crippen LogP contribution in [0, 0.1) is 0 Å². The Hall–Kier alpha value is -1.03. The molecule has 1 aromatic heterocycles. The maximum atomic E-state index is 6.06. The SMILES string of the molecule is CCCC1(CC)CN=C(N)N1Cc1cccs1. The minimum Gasteiger partial charge on any atom is -0.370 e. The fourth-order valence-electron chi connectivity index (χ4n) is 2.61. The second-order valence-electron chi connectivity index (χ2n) is 4.67. The molecule has 17 heavy (non-hydrogen) atoms. The lowest BCUT2D eigenvalue weighted by Crippen LogP contribution is -2.50. The number of rotatable bonds is 5. The zero-order valence-corrected chi connectivity index (χ0v) is 11.5. The normalized spacial score (nSPS) is 24.1. The van der Waals surface area contributed by atoms with Crippen molar-refractivity contribution in [3.8, 4) is 0 Å². The molecule has 4 heteroatoms. The van der Waals surface area contributed by atoms with Crippen LogP contribution in [0.1, 0.15) is 38.0 Å². The van der Waals surface area contributed by atoms with Crippen LogP contribution in [-0.4, -0.2) is 22.9 Å². The average Bonchev–Trinajstić information content (AvgIpc) is 2.93. The fourth-order valence-corrected chi connectivity index (χ4v) is 3.30. The Morgan fingerprint density at radius 1 is 1.53 bits per heavy atom. The molecule has 0 saturated heterocycles. The minimum absolute atomic E-state index is 0.156. The second kappa shape index (κ2) is 5.08. The molecule has 0 spiro atoms. The van der Waals surface area contributed by atoms with E-state index in [2.05, 4.69) is 41.3 Å². The lowest BCUT2D eigenvalue weighted by atomic mass is 9.89. The number of thiophene rings is 1. The van der Waals surface area contributed by atoms with Crippen molar-refractivity contribution >= 4 is 17.3 Å². The van der Waals surface area contributed by atoms with E-state index in [1.165, 1.54) is 17.7 Å². The lowest BCUT2D eigenvalue weighted by Gasteiger charge is -2.38. The molecule has 94 valence electrons. The van der Waals surface area contributed by atoms with Gasteiger partial charge < -0.3 is 10.6 Å². The highest BCUT2D eigenvalue weighted by atomic mass is 32.1. The molecule has 0 aliphatic carbocycles. The first-order chi connectivity index (χ1) is 8.22. The van der Waals surface area contributed by atoms with Gasteiger partial charge in [-0.25, -0.2) is 0 Å². The van der Waals surface area contributed by atoms with Gasteiger partial charge in [-0.2, -0.15) is 0 Å². The topological polar surface area (TPSA) is 41.6 Å². The van der Waals surface area contributed by atoms with Crippen LogP contribution >= 0.6 is 11.3 Å². The maximum absolute atomic E-state index is 6.06. The second-order valence-corrected chi connectivity index (χ2v) is 5.70. The Kier molecular flexibility index (Phi) is 3.72. The van der Waals surface area contributed by atoms with Crippen LogP contribution < -0.4 is 5.73 Å². The third-order valence-electron chi connectivity index (χ3n) is 3.65. The smallest absolute Gasteiger partial charge is 0.192 e. The first kappa shape index (κ1) is 12.4. The molecule has 0 amide bonds. The monoisotopic (exact) mass is 251 g/mol.